The minimum Gasteiger partial charge on any atom is -0.497 e. The fourth-order valence-corrected chi connectivity index (χ4v) is 4.26. The summed E-state index contributed by atoms with van der Waals surface area (Å²) in [4.78, 5) is 19.3. The number of amides is 1. The van der Waals surface area contributed by atoms with E-state index in [0.29, 0.717) is 0 Å². The van der Waals surface area contributed by atoms with Crippen LogP contribution in [0.15, 0.2) is 48.8 Å². The van der Waals surface area contributed by atoms with Crippen molar-refractivity contribution in [1.82, 2.24) is 20.7 Å². The molecule has 1 amide bonds. The van der Waals surface area contributed by atoms with Crippen LogP contribution in [0.2, 0.25) is 0 Å². The summed E-state index contributed by atoms with van der Waals surface area (Å²) < 4.78 is 5.38. The summed E-state index contributed by atoms with van der Waals surface area (Å²) in [5, 5.41) is 0. The zero-order valence-electron chi connectivity index (χ0n) is 15.1. The molecule has 0 saturated carbocycles. The molecule has 1 aromatic heterocycles. The summed E-state index contributed by atoms with van der Waals surface area (Å²) in [6.07, 6.45) is 4.58. The van der Waals surface area contributed by atoms with Crippen LogP contribution in [0.5, 0.6) is 5.75 Å². The van der Waals surface area contributed by atoms with Crippen LogP contribution < -0.4 is 15.6 Å². The van der Waals surface area contributed by atoms with Gasteiger partial charge in [0.05, 0.1) is 19.2 Å². The van der Waals surface area contributed by atoms with Crippen molar-refractivity contribution in [2.75, 3.05) is 13.7 Å². The van der Waals surface area contributed by atoms with Gasteiger partial charge in [-0.05, 0) is 35.7 Å². The van der Waals surface area contributed by atoms with E-state index in [0.717, 1.165) is 29.8 Å². The van der Waals surface area contributed by atoms with Crippen molar-refractivity contribution in [3.05, 3.63) is 59.9 Å². The first-order valence-corrected chi connectivity index (χ1v) is 9.10. The first-order valence-electron chi connectivity index (χ1n) is 9.10. The summed E-state index contributed by atoms with van der Waals surface area (Å²) in [5.74, 6) is 1.06. The van der Waals surface area contributed by atoms with Gasteiger partial charge in [-0.25, -0.2) is 10.9 Å². The number of benzene rings is 1. The van der Waals surface area contributed by atoms with Gasteiger partial charge in [-0.3, -0.25) is 9.78 Å². The zero-order valence-corrected chi connectivity index (χ0v) is 15.1. The average Bonchev–Trinajstić information content (AvgIpc) is 3.23. The first kappa shape index (κ1) is 17.0. The van der Waals surface area contributed by atoms with Crippen molar-refractivity contribution in [2.45, 2.75) is 31.5 Å². The number of fused-ring (bicyclic) bond motifs is 1. The van der Waals surface area contributed by atoms with E-state index in [-0.39, 0.29) is 30.0 Å². The number of rotatable bonds is 5. The first-order chi connectivity index (χ1) is 12.7. The molecule has 0 radical (unpaired) electrons. The number of likely N-dealkylation sites (tertiary alicyclic amines) is 1. The Kier molecular flexibility index (Phi) is 4.61. The van der Waals surface area contributed by atoms with E-state index in [1.807, 2.05) is 35.4 Å². The molecule has 6 heteroatoms. The normalized spacial score (nSPS) is 27.6. The summed E-state index contributed by atoms with van der Waals surface area (Å²) in [5.41, 5.74) is 8.78. The van der Waals surface area contributed by atoms with Crippen LogP contribution in [0.4, 0.5) is 0 Å². The maximum absolute atomic E-state index is 13.0. The van der Waals surface area contributed by atoms with Crippen LogP contribution in [-0.2, 0) is 4.79 Å². The highest BCUT2D eigenvalue weighted by molar-refractivity contribution is 5.86. The molecule has 0 bridgehead atoms. The molecule has 4 unspecified atom stereocenters. The molecule has 6 nitrogen and oxygen atoms in total. The number of nitrogens with one attached hydrogen (secondary N) is 2. The molecule has 0 spiro atoms. The van der Waals surface area contributed by atoms with Gasteiger partial charge >= 0.3 is 0 Å². The Labute approximate surface area is 153 Å². The Morgan fingerprint density at radius 2 is 1.96 bits per heavy atom. The van der Waals surface area contributed by atoms with Gasteiger partial charge in [0.25, 0.3) is 0 Å². The van der Waals surface area contributed by atoms with Gasteiger partial charge in [0.15, 0.2) is 0 Å². The molecule has 2 aromatic rings. The number of nitrogens with zero attached hydrogens (tertiary/aromatic N) is 2. The van der Waals surface area contributed by atoms with Gasteiger partial charge < -0.3 is 9.64 Å². The van der Waals surface area contributed by atoms with Gasteiger partial charge in [-0.15, -0.1) is 0 Å². The summed E-state index contributed by atoms with van der Waals surface area (Å²) in [6.45, 7) is 2.85. The van der Waals surface area contributed by atoms with Gasteiger partial charge in [-0.2, -0.15) is 0 Å². The summed E-state index contributed by atoms with van der Waals surface area (Å²) in [7, 11) is 1.67. The largest absolute Gasteiger partial charge is 0.497 e. The highest BCUT2D eigenvalue weighted by Crippen LogP contribution is 2.47. The molecule has 3 heterocycles. The van der Waals surface area contributed by atoms with Crippen molar-refractivity contribution >= 4 is 5.91 Å². The van der Waals surface area contributed by atoms with Crippen molar-refractivity contribution in [2.24, 2.45) is 5.92 Å². The van der Waals surface area contributed by atoms with Crippen molar-refractivity contribution < 1.29 is 9.53 Å². The molecule has 136 valence electrons. The fraction of sp³-hybridized carbons (Fsp3) is 0.400. The second-order valence-electron chi connectivity index (χ2n) is 6.86. The average molecular weight is 352 g/mol. The van der Waals surface area contributed by atoms with E-state index < -0.39 is 0 Å². The van der Waals surface area contributed by atoms with E-state index in [1.54, 1.807) is 13.3 Å². The van der Waals surface area contributed by atoms with E-state index >= 15 is 0 Å². The Balaban J connectivity index is 1.75. The predicted molar refractivity (Wildman–Crippen MR) is 98.3 cm³/mol. The van der Waals surface area contributed by atoms with Crippen LogP contribution in [0.1, 0.15) is 36.6 Å². The second kappa shape index (κ2) is 7.05. The highest BCUT2D eigenvalue weighted by atomic mass is 16.5. The third-order valence-corrected chi connectivity index (χ3v) is 5.36. The molecule has 2 fully saturated rings. The lowest BCUT2D eigenvalue weighted by atomic mass is 9.84. The van der Waals surface area contributed by atoms with Crippen LogP contribution in [0.25, 0.3) is 0 Å². The SMILES string of the molecule is CCCN1C(=O)C2NNC(c3cccc(OC)c3)C2C1c1cccnc1. The quantitative estimate of drug-likeness (QED) is 0.864. The number of aromatic nitrogens is 1. The molecule has 0 aliphatic carbocycles. The monoisotopic (exact) mass is 352 g/mol. The van der Waals surface area contributed by atoms with Gasteiger partial charge in [0.1, 0.15) is 11.8 Å². The number of carbonyl (C=O) groups excluding carboxylic acids is 1. The van der Waals surface area contributed by atoms with E-state index in [1.165, 1.54) is 0 Å². The van der Waals surface area contributed by atoms with Crippen LogP contribution >= 0.6 is 0 Å². The lowest BCUT2D eigenvalue weighted by molar-refractivity contribution is -0.130. The number of hydrogen-bond acceptors (Lipinski definition) is 5. The molecule has 2 aliphatic rings. The van der Waals surface area contributed by atoms with Crippen molar-refractivity contribution in [3.8, 4) is 5.75 Å². The van der Waals surface area contributed by atoms with Crippen molar-refractivity contribution in [1.29, 1.82) is 0 Å². The van der Waals surface area contributed by atoms with Crippen LogP contribution in [0, 0.1) is 5.92 Å². The van der Waals surface area contributed by atoms with Gasteiger partial charge in [-0.1, -0.05) is 25.1 Å². The minimum atomic E-state index is -0.233. The maximum atomic E-state index is 13.0. The molecule has 1 aromatic carbocycles. The summed E-state index contributed by atoms with van der Waals surface area (Å²) >= 11 is 0. The molecule has 2 N–H and O–H groups in total. The van der Waals surface area contributed by atoms with Crippen LogP contribution in [-0.4, -0.2) is 35.5 Å². The fourth-order valence-electron chi connectivity index (χ4n) is 4.26. The smallest absolute Gasteiger partial charge is 0.242 e. The Hall–Kier alpha value is -2.44. The minimum absolute atomic E-state index is 0.000138. The number of carbonyl (C=O) groups is 1. The molecule has 2 aliphatic heterocycles. The Morgan fingerprint density at radius 1 is 1.15 bits per heavy atom. The standard InChI is InChI=1S/C20H24N4O2/c1-3-10-24-19(14-7-5-9-21-12-14)16-17(22-23-18(16)20(24)25)13-6-4-8-15(11-13)26-2/h4-9,11-12,16-19,22-23H,3,10H2,1-2H3. The predicted octanol–water partition coefficient (Wildman–Crippen LogP) is 2.22. The van der Waals surface area contributed by atoms with E-state index in [2.05, 4.69) is 34.9 Å². The molecule has 2 saturated heterocycles. The third kappa shape index (κ3) is 2.75. The number of pyridine rings is 1. The zero-order chi connectivity index (χ0) is 18.1. The molecule has 26 heavy (non-hydrogen) atoms. The van der Waals surface area contributed by atoms with Gasteiger partial charge in [0.2, 0.25) is 5.91 Å². The van der Waals surface area contributed by atoms with Crippen molar-refractivity contribution in [3.63, 3.8) is 0 Å². The second-order valence-corrected chi connectivity index (χ2v) is 6.86. The molecular formula is C20H24N4O2. The third-order valence-electron chi connectivity index (χ3n) is 5.36. The maximum Gasteiger partial charge on any atom is 0.242 e. The summed E-state index contributed by atoms with van der Waals surface area (Å²) in [6, 6.07) is 11.8. The lowest BCUT2D eigenvalue weighted by Crippen LogP contribution is -2.41. The molecular weight excluding hydrogens is 328 g/mol. The van der Waals surface area contributed by atoms with E-state index in [9.17, 15) is 4.79 Å². The Morgan fingerprint density at radius 3 is 2.69 bits per heavy atom. The Bertz CT molecular complexity index is 782. The molecule has 4 rings (SSSR count). The van der Waals surface area contributed by atoms with Crippen LogP contribution in [0.3, 0.4) is 0 Å². The molecule has 4 atom stereocenters. The van der Waals surface area contributed by atoms with E-state index in [4.69, 9.17) is 4.74 Å². The van der Waals surface area contributed by atoms with Gasteiger partial charge in [0, 0.05) is 24.9 Å². The topological polar surface area (TPSA) is 66.5 Å². The number of ether oxygens (including phenoxy) is 1. The number of hydrazine groups is 1. The number of methoxy groups -OCH3 is 1. The lowest BCUT2D eigenvalue weighted by Gasteiger charge is -2.31. The highest BCUT2D eigenvalue weighted by Gasteiger charge is 2.55. The number of hydrogen-bond donors (Lipinski definition) is 2.